The number of carbonyl (C=O) groups is 1. The highest BCUT2D eigenvalue weighted by Gasteiger charge is 2.24. The summed E-state index contributed by atoms with van der Waals surface area (Å²) in [6.45, 7) is 1.87. The maximum Gasteiger partial charge on any atom is 0.241 e. The van der Waals surface area contributed by atoms with Crippen LogP contribution < -0.4 is 10.5 Å². The third-order valence-electron chi connectivity index (χ3n) is 3.25. The van der Waals surface area contributed by atoms with Crippen molar-refractivity contribution in [2.75, 3.05) is 0 Å². The Hall–Kier alpha value is -2.18. The van der Waals surface area contributed by atoms with E-state index in [0.29, 0.717) is 0 Å². The van der Waals surface area contributed by atoms with E-state index in [9.17, 15) is 13.2 Å². The SMILES string of the molecule is Cc1ccc(S(=O)(=O)N[C@H](Cc2ccccc2)C(N)=O)cc1. The van der Waals surface area contributed by atoms with Gasteiger partial charge in [-0.05, 0) is 31.0 Å². The molecule has 0 unspecified atom stereocenters. The van der Waals surface area contributed by atoms with Crippen LogP contribution in [-0.2, 0) is 21.2 Å². The summed E-state index contributed by atoms with van der Waals surface area (Å²) in [7, 11) is -3.79. The van der Waals surface area contributed by atoms with Gasteiger partial charge in [-0.1, -0.05) is 48.0 Å². The number of carbonyl (C=O) groups excluding carboxylic acids is 1. The van der Waals surface area contributed by atoms with Crippen LogP contribution in [-0.4, -0.2) is 20.4 Å². The summed E-state index contributed by atoms with van der Waals surface area (Å²) in [5, 5.41) is 0. The molecule has 0 saturated carbocycles. The van der Waals surface area contributed by atoms with Gasteiger partial charge in [-0.3, -0.25) is 4.79 Å². The number of rotatable bonds is 6. The normalized spacial score (nSPS) is 12.8. The van der Waals surface area contributed by atoms with Gasteiger partial charge in [-0.15, -0.1) is 0 Å². The molecule has 2 rings (SSSR count). The van der Waals surface area contributed by atoms with Crippen molar-refractivity contribution in [1.82, 2.24) is 4.72 Å². The van der Waals surface area contributed by atoms with Crippen LogP contribution in [0.2, 0.25) is 0 Å². The summed E-state index contributed by atoms with van der Waals surface area (Å²) in [6, 6.07) is 14.5. The van der Waals surface area contributed by atoms with E-state index in [1.165, 1.54) is 12.1 Å². The monoisotopic (exact) mass is 318 g/mol. The van der Waals surface area contributed by atoms with Gasteiger partial charge >= 0.3 is 0 Å². The number of sulfonamides is 1. The molecule has 5 nitrogen and oxygen atoms in total. The lowest BCUT2D eigenvalue weighted by Crippen LogP contribution is -2.45. The fourth-order valence-corrected chi connectivity index (χ4v) is 3.23. The van der Waals surface area contributed by atoms with Crippen molar-refractivity contribution in [3.63, 3.8) is 0 Å². The van der Waals surface area contributed by atoms with Crippen LogP contribution in [0.5, 0.6) is 0 Å². The minimum Gasteiger partial charge on any atom is -0.368 e. The minimum absolute atomic E-state index is 0.109. The molecule has 0 saturated heterocycles. The highest BCUT2D eigenvalue weighted by Crippen LogP contribution is 2.12. The highest BCUT2D eigenvalue weighted by molar-refractivity contribution is 7.89. The third kappa shape index (κ3) is 4.16. The molecule has 3 N–H and O–H groups in total. The molecule has 0 spiro atoms. The molecule has 0 aliphatic carbocycles. The molecule has 0 heterocycles. The number of nitrogens with two attached hydrogens (primary N) is 1. The summed E-state index contributed by atoms with van der Waals surface area (Å²) in [5.74, 6) is -0.709. The summed E-state index contributed by atoms with van der Waals surface area (Å²) < 4.78 is 27.0. The molecule has 0 bridgehead atoms. The average Bonchev–Trinajstić information content (AvgIpc) is 2.48. The van der Waals surface area contributed by atoms with E-state index < -0.39 is 22.0 Å². The molecule has 2 aromatic carbocycles. The fraction of sp³-hybridized carbons (Fsp3) is 0.188. The molecule has 0 aliphatic rings. The van der Waals surface area contributed by atoms with Crippen molar-refractivity contribution in [2.24, 2.45) is 5.73 Å². The molecular weight excluding hydrogens is 300 g/mol. The zero-order valence-electron chi connectivity index (χ0n) is 12.2. The van der Waals surface area contributed by atoms with E-state index in [1.54, 1.807) is 12.1 Å². The van der Waals surface area contributed by atoms with E-state index in [0.717, 1.165) is 11.1 Å². The van der Waals surface area contributed by atoms with Crippen molar-refractivity contribution < 1.29 is 13.2 Å². The van der Waals surface area contributed by atoms with Crippen molar-refractivity contribution >= 4 is 15.9 Å². The Kier molecular flexibility index (Phi) is 4.95. The lowest BCUT2D eigenvalue weighted by Gasteiger charge is -2.16. The summed E-state index contributed by atoms with van der Waals surface area (Å²) >= 11 is 0. The van der Waals surface area contributed by atoms with Gasteiger partial charge < -0.3 is 5.73 Å². The Labute approximate surface area is 130 Å². The van der Waals surface area contributed by atoms with Gasteiger partial charge in [-0.25, -0.2) is 8.42 Å². The third-order valence-corrected chi connectivity index (χ3v) is 4.74. The Morgan fingerprint density at radius 3 is 2.23 bits per heavy atom. The zero-order valence-corrected chi connectivity index (χ0v) is 13.0. The second-order valence-corrected chi connectivity index (χ2v) is 6.79. The lowest BCUT2D eigenvalue weighted by atomic mass is 10.1. The minimum atomic E-state index is -3.79. The van der Waals surface area contributed by atoms with Gasteiger partial charge in [0, 0.05) is 0 Å². The van der Waals surface area contributed by atoms with Gasteiger partial charge in [0.1, 0.15) is 6.04 Å². The Morgan fingerprint density at radius 1 is 1.09 bits per heavy atom. The summed E-state index contributed by atoms with van der Waals surface area (Å²) in [6.07, 6.45) is 0.210. The van der Waals surface area contributed by atoms with Crippen LogP contribution in [0.25, 0.3) is 0 Å². The molecule has 1 atom stereocenters. The number of hydrogen-bond acceptors (Lipinski definition) is 3. The maximum atomic E-state index is 12.3. The maximum absolute atomic E-state index is 12.3. The first kappa shape index (κ1) is 16.2. The fourth-order valence-electron chi connectivity index (χ4n) is 2.02. The number of aryl methyl sites for hydroxylation is 1. The van der Waals surface area contributed by atoms with E-state index in [2.05, 4.69) is 4.72 Å². The van der Waals surface area contributed by atoms with E-state index >= 15 is 0 Å². The van der Waals surface area contributed by atoms with Gasteiger partial charge in [0.15, 0.2) is 0 Å². The van der Waals surface area contributed by atoms with Gasteiger partial charge in [0.2, 0.25) is 15.9 Å². The first-order valence-electron chi connectivity index (χ1n) is 6.81. The van der Waals surface area contributed by atoms with Crippen LogP contribution >= 0.6 is 0 Å². The van der Waals surface area contributed by atoms with Crippen LogP contribution in [0, 0.1) is 6.92 Å². The molecule has 116 valence electrons. The highest BCUT2D eigenvalue weighted by atomic mass is 32.2. The molecule has 6 heteroatoms. The molecule has 0 aromatic heterocycles. The Bertz CT molecular complexity index is 741. The number of hydrogen-bond donors (Lipinski definition) is 2. The smallest absolute Gasteiger partial charge is 0.241 e. The molecule has 0 aliphatic heterocycles. The van der Waals surface area contributed by atoms with Crippen molar-refractivity contribution in [1.29, 1.82) is 0 Å². The first-order valence-corrected chi connectivity index (χ1v) is 8.29. The van der Waals surface area contributed by atoms with E-state index in [1.807, 2.05) is 37.3 Å². The second-order valence-electron chi connectivity index (χ2n) is 5.08. The standard InChI is InChI=1S/C16H18N2O3S/c1-12-7-9-14(10-8-12)22(20,21)18-15(16(17)19)11-13-5-3-2-4-6-13/h2-10,15,18H,11H2,1H3,(H2,17,19)/t15-/m1/s1. The number of benzene rings is 2. The average molecular weight is 318 g/mol. The van der Waals surface area contributed by atoms with Crippen LogP contribution in [0.1, 0.15) is 11.1 Å². The van der Waals surface area contributed by atoms with Crippen LogP contribution in [0.3, 0.4) is 0 Å². The largest absolute Gasteiger partial charge is 0.368 e. The molecule has 1 amide bonds. The van der Waals surface area contributed by atoms with Gasteiger partial charge in [0.25, 0.3) is 0 Å². The van der Waals surface area contributed by atoms with Crippen molar-refractivity contribution in [2.45, 2.75) is 24.3 Å². The molecule has 22 heavy (non-hydrogen) atoms. The second kappa shape index (κ2) is 6.72. The van der Waals surface area contributed by atoms with Crippen molar-refractivity contribution in [3.8, 4) is 0 Å². The number of nitrogens with one attached hydrogen (secondary N) is 1. The van der Waals surface area contributed by atoms with Crippen molar-refractivity contribution in [3.05, 3.63) is 65.7 Å². The molecule has 0 fully saturated rings. The summed E-state index contributed by atoms with van der Waals surface area (Å²) in [4.78, 5) is 11.7. The number of primary amides is 1. The lowest BCUT2D eigenvalue weighted by molar-refractivity contribution is -0.119. The van der Waals surface area contributed by atoms with Gasteiger partial charge in [-0.2, -0.15) is 4.72 Å². The van der Waals surface area contributed by atoms with Crippen LogP contribution in [0.15, 0.2) is 59.5 Å². The summed E-state index contributed by atoms with van der Waals surface area (Å²) in [5.41, 5.74) is 7.11. The van der Waals surface area contributed by atoms with E-state index in [4.69, 9.17) is 5.73 Å². The quantitative estimate of drug-likeness (QED) is 0.843. The first-order chi connectivity index (χ1) is 10.4. The van der Waals surface area contributed by atoms with Crippen LogP contribution in [0.4, 0.5) is 0 Å². The molecule has 2 aromatic rings. The van der Waals surface area contributed by atoms with Gasteiger partial charge in [0.05, 0.1) is 4.90 Å². The zero-order chi connectivity index (χ0) is 16.2. The molecule has 0 radical (unpaired) electrons. The topological polar surface area (TPSA) is 89.3 Å². The Balaban J connectivity index is 2.20. The number of amides is 1. The predicted octanol–water partition coefficient (Wildman–Crippen LogP) is 1.37. The molecular formula is C16H18N2O3S. The Morgan fingerprint density at radius 2 is 1.68 bits per heavy atom. The van der Waals surface area contributed by atoms with E-state index in [-0.39, 0.29) is 11.3 Å². The predicted molar refractivity (Wildman–Crippen MR) is 84.6 cm³/mol.